The lowest BCUT2D eigenvalue weighted by Crippen LogP contribution is -2.32. The summed E-state index contributed by atoms with van der Waals surface area (Å²) in [5.41, 5.74) is 0.407. The van der Waals surface area contributed by atoms with Crippen molar-refractivity contribution in [2.24, 2.45) is 0 Å². The van der Waals surface area contributed by atoms with E-state index in [0.29, 0.717) is 11.4 Å². The molecule has 0 heterocycles. The lowest BCUT2D eigenvalue weighted by atomic mass is 10.1. The van der Waals surface area contributed by atoms with Gasteiger partial charge in [0.05, 0.1) is 50.4 Å². The minimum Gasteiger partial charge on any atom is -0.495 e. The van der Waals surface area contributed by atoms with Crippen LogP contribution in [0.1, 0.15) is 15.9 Å². The van der Waals surface area contributed by atoms with Gasteiger partial charge in [0.2, 0.25) is 10.0 Å². The number of nitrogens with zero attached hydrogens (tertiary/aromatic N) is 1. The van der Waals surface area contributed by atoms with Crippen molar-refractivity contribution in [3.8, 4) is 17.2 Å². The van der Waals surface area contributed by atoms with Gasteiger partial charge in [0.1, 0.15) is 11.6 Å². The molecule has 3 aromatic carbocycles. The standard InChI is InChI=1S/C24H24ClFN2O6S/c1-32-21-10-9-16(11-18(21)25)27-24(29)17-12-22(33-2)23(34-3)13-20(17)28(35(4,30)31)14-15-7-5-6-8-19(15)26/h5-13H,14H2,1-4H3,(H,27,29). The fraction of sp³-hybridized carbons (Fsp3) is 0.208. The van der Waals surface area contributed by atoms with E-state index in [-0.39, 0.29) is 39.9 Å². The van der Waals surface area contributed by atoms with Crippen molar-refractivity contribution in [3.63, 3.8) is 0 Å². The Morgan fingerprint density at radius 3 is 2.17 bits per heavy atom. The minimum absolute atomic E-state index is 0.0227. The zero-order chi connectivity index (χ0) is 25.8. The number of anilines is 2. The molecule has 0 saturated carbocycles. The second kappa shape index (κ2) is 10.8. The lowest BCUT2D eigenvalue weighted by molar-refractivity contribution is 0.102. The first kappa shape index (κ1) is 26.1. The molecule has 11 heteroatoms. The summed E-state index contributed by atoms with van der Waals surface area (Å²) >= 11 is 6.16. The van der Waals surface area contributed by atoms with E-state index < -0.39 is 21.7 Å². The van der Waals surface area contributed by atoms with Gasteiger partial charge in [-0.15, -0.1) is 0 Å². The second-order valence-electron chi connectivity index (χ2n) is 7.39. The summed E-state index contributed by atoms with van der Waals surface area (Å²) in [5, 5.41) is 2.96. The van der Waals surface area contributed by atoms with E-state index in [4.69, 9.17) is 25.8 Å². The third-order valence-electron chi connectivity index (χ3n) is 5.10. The molecule has 0 aliphatic heterocycles. The van der Waals surface area contributed by atoms with Crippen LogP contribution in [0.4, 0.5) is 15.8 Å². The molecular weight excluding hydrogens is 499 g/mol. The first-order valence-corrected chi connectivity index (χ1v) is 12.4. The highest BCUT2D eigenvalue weighted by Crippen LogP contribution is 2.37. The van der Waals surface area contributed by atoms with E-state index in [1.807, 2.05) is 0 Å². The van der Waals surface area contributed by atoms with Crippen LogP contribution in [0.3, 0.4) is 0 Å². The van der Waals surface area contributed by atoms with Crippen LogP contribution in [0.5, 0.6) is 17.2 Å². The van der Waals surface area contributed by atoms with Gasteiger partial charge in [-0.1, -0.05) is 29.8 Å². The Kier molecular flexibility index (Phi) is 8.08. The maximum atomic E-state index is 14.4. The smallest absolute Gasteiger partial charge is 0.257 e. The Morgan fingerprint density at radius 2 is 1.60 bits per heavy atom. The molecule has 3 rings (SSSR count). The van der Waals surface area contributed by atoms with Gasteiger partial charge in [0, 0.05) is 17.3 Å². The Bertz CT molecular complexity index is 1350. The van der Waals surface area contributed by atoms with Gasteiger partial charge < -0.3 is 19.5 Å². The summed E-state index contributed by atoms with van der Waals surface area (Å²) in [4.78, 5) is 13.3. The molecule has 0 radical (unpaired) electrons. The van der Waals surface area contributed by atoms with Crippen molar-refractivity contribution >= 4 is 38.9 Å². The van der Waals surface area contributed by atoms with Crippen molar-refractivity contribution in [1.82, 2.24) is 0 Å². The number of rotatable bonds is 9. The van der Waals surface area contributed by atoms with E-state index in [1.54, 1.807) is 18.2 Å². The van der Waals surface area contributed by atoms with Crippen molar-refractivity contribution in [3.05, 3.63) is 76.6 Å². The van der Waals surface area contributed by atoms with Crippen LogP contribution in [0.15, 0.2) is 54.6 Å². The summed E-state index contributed by atoms with van der Waals surface area (Å²) in [6.45, 7) is -0.352. The molecule has 0 fully saturated rings. The maximum Gasteiger partial charge on any atom is 0.257 e. The van der Waals surface area contributed by atoms with Gasteiger partial charge >= 0.3 is 0 Å². The lowest BCUT2D eigenvalue weighted by Gasteiger charge is -2.26. The van der Waals surface area contributed by atoms with Crippen LogP contribution in [0.2, 0.25) is 5.02 Å². The highest BCUT2D eigenvalue weighted by atomic mass is 35.5. The van der Waals surface area contributed by atoms with Gasteiger partial charge in [-0.25, -0.2) is 12.8 Å². The van der Waals surface area contributed by atoms with Crippen LogP contribution < -0.4 is 23.8 Å². The third kappa shape index (κ3) is 5.95. The molecule has 186 valence electrons. The Hall–Kier alpha value is -3.50. The van der Waals surface area contributed by atoms with E-state index >= 15 is 0 Å². The van der Waals surface area contributed by atoms with Gasteiger partial charge in [-0.2, -0.15) is 0 Å². The largest absolute Gasteiger partial charge is 0.495 e. The van der Waals surface area contributed by atoms with E-state index in [1.165, 1.54) is 57.7 Å². The number of benzene rings is 3. The van der Waals surface area contributed by atoms with Crippen molar-refractivity contribution in [2.45, 2.75) is 6.54 Å². The van der Waals surface area contributed by atoms with Gasteiger partial charge in [-0.3, -0.25) is 9.10 Å². The molecule has 0 aliphatic rings. The van der Waals surface area contributed by atoms with Crippen LogP contribution in [0.25, 0.3) is 0 Å². The van der Waals surface area contributed by atoms with E-state index in [2.05, 4.69) is 5.32 Å². The molecule has 0 saturated heterocycles. The number of amides is 1. The number of carbonyl (C=O) groups excluding carboxylic acids is 1. The van der Waals surface area contributed by atoms with Crippen LogP contribution in [-0.2, 0) is 16.6 Å². The monoisotopic (exact) mass is 522 g/mol. The minimum atomic E-state index is -3.97. The summed E-state index contributed by atoms with van der Waals surface area (Å²) in [7, 11) is 0.256. The zero-order valence-corrected chi connectivity index (χ0v) is 21.0. The van der Waals surface area contributed by atoms with Crippen LogP contribution in [-0.4, -0.2) is 41.9 Å². The predicted octanol–water partition coefficient (Wildman–Crippen LogP) is 4.72. The number of halogens is 2. The Labute approximate surface area is 208 Å². The quantitative estimate of drug-likeness (QED) is 0.437. The molecule has 8 nitrogen and oxygen atoms in total. The average molecular weight is 523 g/mol. The van der Waals surface area contributed by atoms with E-state index in [0.717, 1.165) is 10.6 Å². The van der Waals surface area contributed by atoms with Crippen LogP contribution >= 0.6 is 11.6 Å². The number of ether oxygens (including phenoxy) is 3. The molecule has 0 aliphatic carbocycles. The highest BCUT2D eigenvalue weighted by Gasteiger charge is 2.27. The predicted molar refractivity (Wildman–Crippen MR) is 133 cm³/mol. The second-order valence-corrected chi connectivity index (χ2v) is 9.70. The SMILES string of the molecule is COc1ccc(NC(=O)c2cc(OC)c(OC)cc2N(Cc2ccccc2F)S(C)(=O)=O)cc1Cl. The molecule has 0 spiro atoms. The molecule has 0 unspecified atom stereocenters. The number of hydrogen-bond donors (Lipinski definition) is 1. The molecule has 35 heavy (non-hydrogen) atoms. The summed E-state index contributed by atoms with van der Waals surface area (Å²) in [6, 6.07) is 13.1. The summed E-state index contributed by atoms with van der Waals surface area (Å²) in [5.74, 6) is -0.420. The first-order chi connectivity index (χ1) is 16.6. The summed E-state index contributed by atoms with van der Waals surface area (Å²) < 4.78 is 56.7. The van der Waals surface area contributed by atoms with Crippen molar-refractivity contribution in [1.29, 1.82) is 0 Å². The number of carbonyl (C=O) groups is 1. The van der Waals surface area contributed by atoms with Gasteiger partial charge in [0.15, 0.2) is 11.5 Å². The number of sulfonamides is 1. The fourth-order valence-corrected chi connectivity index (χ4v) is 4.50. The van der Waals surface area contributed by atoms with Crippen molar-refractivity contribution in [2.75, 3.05) is 37.2 Å². The third-order valence-corrected chi connectivity index (χ3v) is 6.52. The molecule has 0 atom stereocenters. The molecule has 0 aromatic heterocycles. The number of methoxy groups -OCH3 is 3. The molecule has 0 bridgehead atoms. The fourth-order valence-electron chi connectivity index (χ4n) is 3.36. The maximum absolute atomic E-state index is 14.4. The van der Waals surface area contributed by atoms with Crippen LogP contribution in [0, 0.1) is 5.82 Å². The number of nitrogens with one attached hydrogen (secondary N) is 1. The molecular formula is C24H24ClFN2O6S. The normalized spacial score (nSPS) is 11.0. The Morgan fingerprint density at radius 1 is 0.971 bits per heavy atom. The summed E-state index contributed by atoms with van der Waals surface area (Å²) in [6.07, 6.45) is 0.968. The first-order valence-electron chi connectivity index (χ1n) is 10.2. The number of hydrogen-bond acceptors (Lipinski definition) is 6. The molecule has 1 amide bonds. The van der Waals surface area contributed by atoms with Gasteiger partial charge in [-0.05, 0) is 30.3 Å². The van der Waals surface area contributed by atoms with Crippen molar-refractivity contribution < 1.29 is 31.8 Å². The zero-order valence-electron chi connectivity index (χ0n) is 19.5. The highest BCUT2D eigenvalue weighted by molar-refractivity contribution is 7.92. The topological polar surface area (TPSA) is 94.2 Å². The Balaban J connectivity index is 2.13. The average Bonchev–Trinajstić information content (AvgIpc) is 2.82. The molecule has 3 aromatic rings. The van der Waals surface area contributed by atoms with Gasteiger partial charge in [0.25, 0.3) is 5.91 Å². The van der Waals surface area contributed by atoms with E-state index in [9.17, 15) is 17.6 Å². The molecule has 1 N–H and O–H groups in total.